The van der Waals surface area contributed by atoms with Crippen LogP contribution in [0.25, 0.3) is 10.4 Å². The zero-order valence-electron chi connectivity index (χ0n) is 11.5. The van der Waals surface area contributed by atoms with Crippen molar-refractivity contribution in [1.82, 2.24) is 0 Å². The van der Waals surface area contributed by atoms with Gasteiger partial charge in [0.15, 0.2) is 0 Å². The lowest BCUT2D eigenvalue weighted by atomic mass is 10.1. The van der Waals surface area contributed by atoms with E-state index in [0.717, 1.165) is 6.07 Å². The maximum absolute atomic E-state index is 13.6. The summed E-state index contributed by atoms with van der Waals surface area (Å²) < 4.78 is 32.1. The number of ether oxygens (including phenoxy) is 1. The average molecular weight is 313 g/mol. The van der Waals surface area contributed by atoms with Gasteiger partial charge in [-0.15, -0.1) is 0 Å². The van der Waals surface area contributed by atoms with Gasteiger partial charge < -0.3 is 4.74 Å². The van der Waals surface area contributed by atoms with E-state index in [-0.39, 0.29) is 35.1 Å². The van der Waals surface area contributed by atoms with Gasteiger partial charge in [0.25, 0.3) is 0 Å². The number of halogens is 2. The number of hydrogen-bond acceptors (Lipinski definition) is 3. The Morgan fingerprint density at radius 1 is 1.43 bits per heavy atom. The molecule has 0 aromatic heterocycles. The molecule has 0 N–H and O–H groups in total. The van der Waals surface area contributed by atoms with Crippen molar-refractivity contribution in [3.05, 3.63) is 45.3 Å². The molecule has 5 nitrogen and oxygen atoms in total. The van der Waals surface area contributed by atoms with Crippen molar-refractivity contribution in [3.8, 4) is 0 Å². The molecule has 0 amide bonds. The minimum atomic E-state index is -0.954. The molecule has 0 spiro atoms. The summed E-state index contributed by atoms with van der Waals surface area (Å²) >= 11 is 4.71. The van der Waals surface area contributed by atoms with Crippen molar-refractivity contribution in [2.45, 2.75) is 20.3 Å². The molecule has 0 radical (unpaired) electrons. The normalized spacial score (nSPS) is 10.1. The van der Waals surface area contributed by atoms with Crippen LogP contribution in [0.1, 0.15) is 25.0 Å². The van der Waals surface area contributed by atoms with Crippen LogP contribution in [-0.2, 0) is 16.0 Å². The minimum Gasteiger partial charge on any atom is -0.465 e. The van der Waals surface area contributed by atoms with Gasteiger partial charge in [-0.2, -0.15) is 0 Å². The molecule has 0 unspecified atom stereocenters. The van der Waals surface area contributed by atoms with Gasteiger partial charge in [0.05, 0.1) is 13.0 Å². The summed E-state index contributed by atoms with van der Waals surface area (Å²) in [6.45, 7) is 3.94. The predicted molar refractivity (Wildman–Crippen MR) is 76.7 cm³/mol. The molecule has 0 aliphatic rings. The number of esters is 1. The predicted octanol–water partition coefficient (Wildman–Crippen LogP) is 3.69. The van der Waals surface area contributed by atoms with Crippen LogP contribution in [0.4, 0.5) is 8.78 Å². The van der Waals surface area contributed by atoms with E-state index in [1.807, 2.05) is 13.8 Å². The second kappa shape index (κ2) is 7.66. The van der Waals surface area contributed by atoms with E-state index >= 15 is 0 Å². The van der Waals surface area contributed by atoms with E-state index in [0.29, 0.717) is 6.07 Å². The van der Waals surface area contributed by atoms with Gasteiger partial charge in [0.1, 0.15) is 16.6 Å². The number of carbonyl (C=O) groups is 1. The Morgan fingerprint density at radius 3 is 2.67 bits per heavy atom. The first kappa shape index (κ1) is 17.0. The van der Waals surface area contributed by atoms with E-state index in [4.69, 9.17) is 22.5 Å². The van der Waals surface area contributed by atoms with Gasteiger partial charge >= 0.3 is 5.97 Å². The Kier molecular flexibility index (Phi) is 6.20. The van der Waals surface area contributed by atoms with Gasteiger partial charge in [-0.3, -0.25) is 4.79 Å². The summed E-state index contributed by atoms with van der Waals surface area (Å²) in [6, 6.07) is 1.65. The molecule has 0 atom stereocenters. The highest BCUT2D eigenvalue weighted by atomic mass is 32.1. The molecule has 0 heterocycles. The lowest BCUT2D eigenvalue weighted by molar-refractivity contribution is -0.143. The Labute approximate surface area is 125 Å². The highest BCUT2D eigenvalue weighted by Gasteiger charge is 2.16. The number of carbonyl (C=O) groups excluding carboxylic acids is 1. The van der Waals surface area contributed by atoms with E-state index < -0.39 is 17.6 Å². The van der Waals surface area contributed by atoms with E-state index in [1.165, 1.54) is 0 Å². The third kappa shape index (κ3) is 5.09. The summed E-state index contributed by atoms with van der Waals surface area (Å²) in [5.74, 6) is -2.32. The average Bonchev–Trinajstić information content (AvgIpc) is 2.39. The molecule has 0 saturated carbocycles. The molecule has 0 bridgehead atoms. The molecule has 0 aliphatic carbocycles. The molecule has 1 rings (SSSR count). The fraction of sp³-hybridized carbons (Fsp3) is 0.385. The van der Waals surface area contributed by atoms with E-state index in [2.05, 4.69) is 10.0 Å². The van der Waals surface area contributed by atoms with Crippen molar-refractivity contribution in [2.75, 3.05) is 6.61 Å². The van der Waals surface area contributed by atoms with Gasteiger partial charge in [0.2, 0.25) is 0 Å². The SMILES string of the molecule is CC(C)COC(=O)Cc1cc(C(=S)N=[N+]=[N-])c(F)cc1F. The van der Waals surface area contributed by atoms with E-state index in [9.17, 15) is 13.6 Å². The molecular weight excluding hydrogens is 300 g/mol. The highest BCUT2D eigenvalue weighted by Crippen LogP contribution is 2.18. The maximum Gasteiger partial charge on any atom is 0.310 e. The monoisotopic (exact) mass is 313 g/mol. The molecule has 21 heavy (non-hydrogen) atoms. The first-order chi connectivity index (χ1) is 9.85. The molecule has 112 valence electrons. The molecule has 0 aliphatic heterocycles. The maximum atomic E-state index is 13.6. The molecule has 0 fully saturated rings. The topological polar surface area (TPSA) is 75.1 Å². The minimum absolute atomic E-state index is 0.0735. The second-order valence-corrected chi connectivity index (χ2v) is 5.06. The van der Waals surface area contributed by atoms with Gasteiger partial charge in [0, 0.05) is 16.5 Å². The summed E-state index contributed by atoms with van der Waals surface area (Å²) in [5.41, 5.74) is 7.98. The van der Waals surface area contributed by atoms with Gasteiger partial charge in [-0.1, -0.05) is 26.1 Å². The quantitative estimate of drug-likeness (QED) is 0.273. The van der Waals surface area contributed by atoms with Crippen LogP contribution < -0.4 is 0 Å². The third-order valence-corrected chi connectivity index (χ3v) is 2.72. The largest absolute Gasteiger partial charge is 0.465 e. The van der Waals surface area contributed by atoms with Gasteiger partial charge in [-0.25, -0.2) is 8.78 Å². The fourth-order valence-electron chi connectivity index (χ4n) is 1.45. The number of azide groups is 1. The highest BCUT2D eigenvalue weighted by molar-refractivity contribution is 7.80. The zero-order chi connectivity index (χ0) is 16.0. The van der Waals surface area contributed by atoms with Gasteiger partial charge in [-0.05, 0) is 28.2 Å². The summed E-state index contributed by atoms with van der Waals surface area (Å²) in [6.07, 6.45) is -0.356. The number of rotatable bonds is 5. The Hall–Kier alpha value is -2.05. The van der Waals surface area contributed by atoms with Crippen molar-refractivity contribution in [2.24, 2.45) is 11.0 Å². The molecule has 8 heteroatoms. The van der Waals surface area contributed by atoms with Crippen LogP contribution >= 0.6 is 12.2 Å². The number of hydrogen-bond donors (Lipinski definition) is 0. The van der Waals surface area contributed by atoms with Crippen LogP contribution in [0.2, 0.25) is 0 Å². The Balaban J connectivity index is 2.97. The summed E-state index contributed by atoms with van der Waals surface area (Å²) in [5, 5.41) is 3.10. The van der Waals surface area contributed by atoms with E-state index in [1.54, 1.807) is 0 Å². The molecular formula is C13H13F2N3O2S. The number of thiocarbonyl (C=S) groups is 1. The summed E-state index contributed by atoms with van der Waals surface area (Å²) in [4.78, 5) is 13.7. The second-order valence-electron chi connectivity index (χ2n) is 4.67. The van der Waals surface area contributed by atoms with Crippen LogP contribution in [-0.4, -0.2) is 17.6 Å². The number of nitrogens with zero attached hydrogens (tertiary/aromatic N) is 3. The first-order valence-electron chi connectivity index (χ1n) is 6.08. The smallest absolute Gasteiger partial charge is 0.310 e. The van der Waals surface area contributed by atoms with Crippen LogP contribution in [0.15, 0.2) is 17.2 Å². The number of benzene rings is 1. The molecule has 0 saturated heterocycles. The fourth-order valence-corrected chi connectivity index (χ4v) is 1.65. The van der Waals surface area contributed by atoms with Crippen LogP contribution in [0.3, 0.4) is 0 Å². The van der Waals surface area contributed by atoms with Crippen LogP contribution in [0, 0.1) is 17.6 Å². The van der Waals surface area contributed by atoms with Crippen molar-refractivity contribution in [1.29, 1.82) is 0 Å². The molecule has 1 aromatic rings. The summed E-state index contributed by atoms with van der Waals surface area (Å²) in [7, 11) is 0. The zero-order valence-corrected chi connectivity index (χ0v) is 12.3. The first-order valence-corrected chi connectivity index (χ1v) is 6.49. The van der Waals surface area contributed by atoms with Crippen molar-refractivity contribution >= 4 is 23.2 Å². The lowest BCUT2D eigenvalue weighted by Crippen LogP contribution is -2.14. The Morgan fingerprint density at radius 2 is 2.10 bits per heavy atom. The Bertz CT molecular complexity index is 614. The van der Waals surface area contributed by atoms with Crippen LogP contribution in [0.5, 0.6) is 0 Å². The third-order valence-electron chi connectivity index (χ3n) is 2.41. The lowest BCUT2D eigenvalue weighted by Gasteiger charge is -2.09. The van der Waals surface area contributed by atoms with Crippen molar-refractivity contribution in [3.63, 3.8) is 0 Å². The van der Waals surface area contributed by atoms with Crippen molar-refractivity contribution < 1.29 is 18.3 Å². The standard InChI is InChI=1S/C13H13F2N3O2S/c1-7(2)6-20-12(19)4-8-3-9(13(21)17-18-16)11(15)5-10(8)14/h3,5,7H,4,6H2,1-2H3. The molecule has 1 aromatic carbocycles.